The molecule has 0 bridgehead atoms. The second-order valence-electron chi connectivity index (χ2n) is 4.57. The number of aryl methyl sites for hydroxylation is 2. The predicted molar refractivity (Wildman–Crippen MR) is 77.0 cm³/mol. The SMILES string of the molecule is Cc1cc(=O)n2[nH]cnc2n1.Cc1ccc2n[nH]nc2c1. The first kappa shape index (κ1) is 13.0. The number of aromatic nitrogens is 7. The molecule has 0 saturated carbocycles. The normalized spacial score (nSPS) is 10.6. The molecule has 0 fully saturated rings. The molecule has 2 N–H and O–H groups in total. The largest absolute Gasteiger partial charge is 0.278 e. The molecule has 1 aromatic carbocycles. The average Bonchev–Trinajstić information content (AvgIpc) is 3.06. The van der Waals surface area contributed by atoms with Gasteiger partial charge in [0.05, 0.1) is 0 Å². The fourth-order valence-electron chi connectivity index (χ4n) is 1.88. The molecule has 8 heteroatoms. The lowest BCUT2D eigenvalue weighted by Gasteiger charge is -1.90. The van der Waals surface area contributed by atoms with Crippen LogP contribution in [0.2, 0.25) is 0 Å². The molecule has 0 saturated heterocycles. The number of aromatic amines is 2. The van der Waals surface area contributed by atoms with Crippen molar-refractivity contribution < 1.29 is 0 Å². The Hall–Kier alpha value is -3.03. The predicted octanol–water partition coefficient (Wildman–Crippen LogP) is 0.992. The van der Waals surface area contributed by atoms with E-state index in [0.717, 1.165) is 11.0 Å². The van der Waals surface area contributed by atoms with Crippen molar-refractivity contribution in [1.29, 1.82) is 0 Å². The third-order valence-corrected chi connectivity index (χ3v) is 2.87. The van der Waals surface area contributed by atoms with Gasteiger partial charge in [-0.05, 0) is 31.5 Å². The Kier molecular flexibility index (Phi) is 3.19. The van der Waals surface area contributed by atoms with Crippen molar-refractivity contribution in [2.24, 2.45) is 0 Å². The fourth-order valence-corrected chi connectivity index (χ4v) is 1.88. The summed E-state index contributed by atoms with van der Waals surface area (Å²) in [5, 5.41) is 13.1. The van der Waals surface area contributed by atoms with Gasteiger partial charge in [-0.25, -0.2) is 9.97 Å². The van der Waals surface area contributed by atoms with Crippen molar-refractivity contribution in [3.63, 3.8) is 0 Å². The van der Waals surface area contributed by atoms with E-state index in [9.17, 15) is 4.79 Å². The molecular weight excluding hydrogens is 270 g/mol. The minimum atomic E-state index is -0.134. The fraction of sp³-hybridized carbons (Fsp3) is 0.154. The molecule has 4 aromatic rings. The summed E-state index contributed by atoms with van der Waals surface area (Å²) in [5.74, 6) is 0.412. The molecular formula is C13H13N7O. The van der Waals surface area contributed by atoms with Crippen LogP contribution in [-0.2, 0) is 0 Å². The summed E-state index contributed by atoms with van der Waals surface area (Å²) in [5.41, 5.74) is 3.61. The number of rotatable bonds is 0. The Morgan fingerprint density at radius 2 is 1.90 bits per heavy atom. The Morgan fingerprint density at radius 3 is 2.76 bits per heavy atom. The maximum atomic E-state index is 11.1. The zero-order valence-corrected chi connectivity index (χ0v) is 11.5. The summed E-state index contributed by atoms with van der Waals surface area (Å²) in [6.45, 7) is 3.80. The Balaban J connectivity index is 0.000000126. The first-order valence-corrected chi connectivity index (χ1v) is 6.30. The van der Waals surface area contributed by atoms with Crippen molar-refractivity contribution in [3.05, 3.63) is 52.2 Å². The van der Waals surface area contributed by atoms with Gasteiger partial charge in [-0.15, -0.1) is 0 Å². The van der Waals surface area contributed by atoms with E-state index in [2.05, 4.69) is 30.5 Å². The molecule has 106 valence electrons. The van der Waals surface area contributed by atoms with Gasteiger partial charge in [0.1, 0.15) is 17.4 Å². The maximum absolute atomic E-state index is 11.1. The first-order valence-electron chi connectivity index (χ1n) is 6.30. The topological polar surface area (TPSA) is 105 Å². The van der Waals surface area contributed by atoms with E-state index >= 15 is 0 Å². The second-order valence-corrected chi connectivity index (χ2v) is 4.57. The van der Waals surface area contributed by atoms with Crippen molar-refractivity contribution in [2.45, 2.75) is 13.8 Å². The molecule has 0 spiro atoms. The highest BCUT2D eigenvalue weighted by Gasteiger charge is 1.98. The van der Waals surface area contributed by atoms with Gasteiger partial charge in [0.15, 0.2) is 0 Å². The quantitative estimate of drug-likeness (QED) is 0.501. The van der Waals surface area contributed by atoms with Crippen LogP contribution in [0, 0.1) is 13.8 Å². The van der Waals surface area contributed by atoms with Crippen molar-refractivity contribution >= 4 is 16.8 Å². The molecule has 0 aliphatic carbocycles. The van der Waals surface area contributed by atoms with E-state index in [4.69, 9.17) is 0 Å². The van der Waals surface area contributed by atoms with Crippen LogP contribution >= 0.6 is 0 Å². The van der Waals surface area contributed by atoms with Crippen LogP contribution < -0.4 is 5.56 Å². The highest BCUT2D eigenvalue weighted by atomic mass is 16.1. The van der Waals surface area contributed by atoms with Crippen molar-refractivity contribution in [3.8, 4) is 0 Å². The third kappa shape index (κ3) is 2.64. The average molecular weight is 283 g/mol. The van der Waals surface area contributed by atoms with Crippen LogP contribution in [0.15, 0.2) is 35.4 Å². The number of nitrogens with zero attached hydrogens (tertiary/aromatic N) is 5. The summed E-state index contributed by atoms with van der Waals surface area (Å²) >= 11 is 0. The molecule has 0 atom stereocenters. The summed E-state index contributed by atoms with van der Waals surface area (Å²) in [6, 6.07) is 7.42. The highest BCUT2D eigenvalue weighted by Crippen LogP contribution is 2.08. The van der Waals surface area contributed by atoms with Gasteiger partial charge in [0, 0.05) is 11.8 Å². The smallest absolute Gasteiger partial charge is 0.274 e. The van der Waals surface area contributed by atoms with E-state index in [1.54, 1.807) is 6.92 Å². The molecule has 0 amide bonds. The van der Waals surface area contributed by atoms with Crippen LogP contribution in [0.3, 0.4) is 0 Å². The van der Waals surface area contributed by atoms with Crippen LogP contribution in [0.5, 0.6) is 0 Å². The monoisotopic (exact) mass is 283 g/mol. The Labute approximate surface area is 118 Å². The van der Waals surface area contributed by atoms with Gasteiger partial charge < -0.3 is 0 Å². The lowest BCUT2D eigenvalue weighted by Crippen LogP contribution is -2.14. The molecule has 3 aromatic heterocycles. The second kappa shape index (κ2) is 5.16. The van der Waals surface area contributed by atoms with Crippen LogP contribution in [0.25, 0.3) is 16.8 Å². The van der Waals surface area contributed by atoms with Gasteiger partial charge in [0.2, 0.25) is 0 Å². The molecule has 0 radical (unpaired) electrons. The molecule has 3 heterocycles. The van der Waals surface area contributed by atoms with Gasteiger partial charge in [0.25, 0.3) is 11.3 Å². The molecule has 0 aliphatic heterocycles. The van der Waals surface area contributed by atoms with E-state index in [1.165, 1.54) is 22.5 Å². The third-order valence-electron chi connectivity index (χ3n) is 2.87. The minimum Gasteiger partial charge on any atom is -0.278 e. The van der Waals surface area contributed by atoms with Crippen LogP contribution in [-0.4, -0.2) is 35.0 Å². The molecule has 21 heavy (non-hydrogen) atoms. The van der Waals surface area contributed by atoms with Gasteiger partial charge >= 0.3 is 0 Å². The maximum Gasteiger partial charge on any atom is 0.274 e. The standard InChI is InChI=1S/C7H7N3.C6H6N4O/c1-5-2-3-6-7(4-5)9-10-8-6;1-4-2-5(11)10-6(9-4)7-3-8-10/h2-4H,1H3,(H,8,9,10);2-3H,1H3,(H,7,8,9). The minimum absolute atomic E-state index is 0.134. The number of benzene rings is 1. The van der Waals surface area contributed by atoms with E-state index in [1.807, 2.05) is 25.1 Å². The van der Waals surface area contributed by atoms with Crippen LogP contribution in [0.4, 0.5) is 0 Å². The highest BCUT2D eigenvalue weighted by molar-refractivity contribution is 5.73. The van der Waals surface area contributed by atoms with Gasteiger partial charge in [-0.2, -0.15) is 19.9 Å². The zero-order chi connectivity index (χ0) is 14.8. The number of nitrogens with one attached hydrogen (secondary N) is 2. The van der Waals surface area contributed by atoms with Gasteiger partial charge in [-0.3, -0.25) is 9.89 Å². The Bertz CT molecular complexity index is 950. The summed E-state index contributed by atoms with van der Waals surface area (Å²) in [6.07, 6.45) is 1.43. The van der Waals surface area contributed by atoms with E-state index < -0.39 is 0 Å². The van der Waals surface area contributed by atoms with Crippen LogP contribution in [0.1, 0.15) is 11.3 Å². The molecule has 0 unspecified atom stereocenters. The molecule has 4 rings (SSSR count). The lowest BCUT2D eigenvalue weighted by atomic mass is 10.2. The number of hydrogen-bond donors (Lipinski definition) is 2. The first-order chi connectivity index (χ1) is 10.1. The molecule has 8 nitrogen and oxygen atoms in total. The van der Waals surface area contributed by atoms with Crippen molar-refractivity contribution in [2.75, 3.05) is 0 Å². The lowest BCUT2D eigenvalue weighted by molar-refractivity contribution is 0.889. The number of hydrogen-bond acceptors (Lipinski definition) is 5. The Morgan fingerprint density at radius 1 is 1.10 bits per heavy atom. The number of fused-ring (bicyclic) bond motifs is 2. The number of H-pyrrole nitrogens is 2. The summed E-state index contributed by atoms with van der Waals surface area (Å²) in [4.78, 5) is 19.0. The molecule has 0 aliphatic rings. The van der Waals surface area contributed by atoms with E-state index in [0.29, 0.717) is 11.5 Å². The summed E-state index contributed by atoms with van der Waals surface area (Å²) in [7, 11) is 0. The van der Waals surface area contributed by atoms with Crippen molar-refractivity contribution in [1.82, 2.24) is 35.0 Å². The summed E-state index contributed by atoms with van der Waals surface area (Å²) < 4.78 is 1.28. The van der Waals surface area contributed by atoms with Gasteiger partial charge in [-0.1, -0.05) is 6.07 Å². The van der Waals surface area contributed by atoms with E-state index in [-0.39, 0.29) is 5.56 Å². The zero-order valence-electron chi connectivity index (χ0n) is 11.5.